The number of benzene rings is 2. The summed E-state index contributed by atoms with van der Waals surface area (Å²) in [6, 6.07) is 16.4. The fourth-order valence-electron chi connectivity index (χ4n) is 3.29. The Kier molecular flexibility index (Phi) is 7.54. The molecule has 2 aromatic carbocycles. The monoisotopic (exact) mass is 479 g/mol. The van der Waals surface area contributed by atoms with Gasteiger partial charge in [-0.05, 0) is 48.9 Å². The molecule has 0 radical (unpaired) electrons. The Hall–Kier alpha value is -3.72. The van der Waals surface area contributed by atoms with Crippen LogP contribution in [0, 0.1) is 6.92 Å². The molecule has 2 heterocycles. The topological polar surface area (TPSA) is 90.0 Å². The molecule has 0 saturated carbocycles. The molecule has 2 amide bonds. The van der Waals surface area contributed by atoms with Gasteiger partial charge in [-0.15, -0.1) is 0 Å². The smallest absolute Gasteiger partial charge is 0.256 e. The fraction of sp³-hybridized carbons (Fsp3) is 0.240. The molecule has 8 nitrogen and oxygen atoms in total. The summed E-state index contributed by atoms with van der Waals surface area (Å²) >= 11 is 1.21. The van der Waals surface area contributed by atoms with Gasteiger partial charge < -0.3 is 24.4 Å². The minimum Gasteiger partial charge on any atom is -0.492 e. The number of hydrogen-bond acceptors (Lipinski definition) is 7. The summed E-state index contributed by atoms with van der Waals surface area (Å²) < 4.78 is 16.4. The van der Waals surface area contributed by atoms with Crippen LogP contribution in [0.2, 0.25) is 0 Å². The lowest BCUT2D eigenvalue weighted by atomic mass is 10.2. The number of aromatic nitrogens is 1. The van der Waals surface area contributed by atoms with Crippen molar-refractivity contribution in [3.05, 3.63) is 71.9 Å². The van der Waals surface area contributed by atoms with Crippen LogP contribution in [0.15, 0.2) is 65.8 Å². The van der Waals surface area contributed by atoms with Crippen LogP contribution in [0.4, 0.5) is 5.69 Å². The molecular weight excluding hydrogens is 454 g/mol. The van der Waals surface area contributed by atoms with Crippen molar-refractivity contribution in [1.29, 1.82) is 0 Å². The molecule has 176 valence electrons. The summed E-state index contributed by atoms with van der Waals surface area (Å²) in [7, 11) is 1.72. The zero-order valence-corrected chi connectivity index (χ0v) is 19.8. The van der Waals surface area contributed by atoms with Gasteiger partial charge in [0.05, 0.1) is 17.9 Å². The van der Waals surface area contributed by atoms with Gasteiger partial charge in [0, 0.05) is 25.0 Å². The van der Waals surface area contributed by atoms with E-state index in [-0.39, 0.29) is 24.4 Å². The molecule has 1 aliphatic rings. The number of rotatable bonds is 9. The van der Waals surface area contributed by atoms with Crippen molar-refractivity contribution in [2.24, 2.45) is 0 Å². The first-order valence-corrected chi connectivity index (χ1v) is 11.7. The number of amides is 2. The highest BCUT2D eigenvalue weighted by molar-refractivity contribution is 8.00. The molecule has 0 unspecified atom stereocenters. The summed E-state index contributed by atoms with van der Waals surface area (Å²) in [6.45, 7) is 2.95. The van der Waals surface area contributed by atoms with Crippen LogP contribution in [-0.4, -0.2) is 54.4 Å². The van der Waals surface area contributed by atoms with Gasteiger partial charge in [0.15, 0.2) is 11.5 Å². The van der Waals surface area contributed by atoms with E-state index in [0.29, 0.717) is 40.9 Å². The third kappa shape index (κ3) is 5.99. The fourth-order valence-corrected chi connectivity index (χ4v) is 4.07. The highest BCUT2D eigenvalue weighted by Crippen LogP contribution is 2.34. The van der Waals surface area contributed by atoms with Crippen molar-refractivity contribution in [2.45, 2.75) is 11.9 Å². The van der Waals surface area contributed by atoms with Gasteiger partial charge in [0.1, 0.15) is 17.4 Å². The van der Waals surface area contributed by atoms with Crippen LogP contribution >= 0.6 is 11.8 Å². The Morgan fingerprint density at radius 1 is 1.12 bits per heavy atom. The predicted octanol–water partition coefficient (Wildman–Crippen LogP) is 4.00. The summed E-state index contributed by atoms with van der Waals surface area (Å²) in [5.41, 5.74) is 2.17. The molecule has 0 bridgehead atoms. The maximum atomic E-state index is 13.0. The Balaban J connectivity index is 1.30. The van der Waals surface area contributed by atoms with Crippen LogP contribution in [0.3, 0.4) is 0 Å². The molecule has 0 aliphatic carbocycles. The lowest BCUT2D eigenvalue weighted by molar-refractivity contribution is -0.113. The quantitative estimate of drug-likeness (QED) is 0.464. The number of carbonyl (C=O) groups is 2. The van der Waals surface area contributed by atoms with E-state index in [1.54, 1.807) is 48.5 Å². The molecule has 0 saturated heterocycles. The van der Waals surface area contributed by atoms with E-state index in [0.717, 1.165) is 11.3 Å². The molecular formula is C25H25N3O5S. The second-order valence-electron chi connectivity index (χ2n) is 7.65. The average molecular weight is 480 g/mol. The minimum absolute atomic E-state index is 0.103. The van der Waals surface area contributed by atoms with E-state index in [2.05, 4.69) is 10.3 Å². The summed E-state index contributed by atoms with van der Waals surface area (Å²) in [4.78, 5) is 31.4. The number of nitrogens with one attached hydrogen (secondary N) is 1. The van der Waals surface area contributed by atoms with Gasteiger partial charge in [-0.3, -0.25) is 9.59 Å². The molecule has 1 aromatic heterocycles. The van der Waals surface area contributed by atoms with Gasteiger partial charge in [-0.1, -0.05) is 23.9 Å². The van der Waals surface area contributed by atoms with E-state index in [4.69, 9.17) is 14.2 Å². The van der Waals surface area contributed by atoms with Crippen LogP contribution in [0.1, 0.15) is 15.9 Å². The number of fused-ring (bicyclic) bond motifs is 1. The summed E-state index contributed by atoms with van der Waals surface area (Å²) in [6.07, 6.45) is 1.61. The SMILES string of the molecule is Cc1cccc(OCCN(C)C(=O)c2cccnc2SCC(=O)Nc2ccc3c(c2)OCO3)c1. The Morgan fingerprint density at radius 3 is 2.82 bits per heavy atom. The normalized spacial score (nSPS) is 11.7. The predicted molar refractivity (Wildman–Crippen MR) is 130 cm³/mol. The summed E-state index contributed by atoms with van der Waals surface area (Å²) in [5.74, 6) is 1.72. The third-order valence-electron chi connectivity index (χ3n) is 5.03. The number of aryl methyl sites for hydroxylation is 1. The number of ether oxygens (including phenoxy) is 3. The van der Waals surface area contributed by atoms with Crippen LogP contribution in [0.25, 0.3) is 0 Å². The maximum absolute atomic E-state index is 13.0. The zero-order valence-electron chi connectivity index (χ0n) is 18.9. The second kappa shape index (κ2) is 10.9. The first kappa shape index (κ1) is 23.4. The molecule has 0 fully saturated rings. The number of anilines is 1. The zero-order chi connectivity index (χ0) is 23.9. The lowest BCUT2D eigenvalue weighted by Gasteiger charge is -2.19. The van der Waals surface area contributed by atoms with Crippen LogP contribution < -0.4 is 19.5 Å². The van der Waals surface area contributed by atoms with Gasteiger partial charge in [-0.25, -0.2) is 4.98 Å². The number of carbonyl (C=O) groups excluding carboxylic acids is 2. The highest BCUT2D eigenvalue weighted by atomic mass is 32.2. The molecule has 1 aliphatic heterocycles. The molecule has 4 rings (SSSR count). The van der Waals surface area contributed by atoms with Gasteiger partial charge in [0.2, 0.25) is 12.7 Å². The minimum atomic E-state index is -0.215. The molecule has 0 atom stereocenters. The second-order valence-corrected chi connectivity index (χ2v) is 8.62. The highest BCUT2D eigenvalue weighted by Gasteiger charge is 2.19. The van der Waals surface area contributed by atoms with Crippen molar-refractivity contribution in [3.63, 3.8) is 0 Å². The van der Waals surface area contributed by atoms with Gasteiger partial charge in [0.25, 0.3) is 5.91 Å². The van der Waals surface area contributed by atoms with Crippen molar-refractivity contribution >= 4 is 29.3 Å². The standard InChI is InChI=1S/C25H25N3O5S/c1-17-5-3-6-19(13-17)31-12-11-28(2)25(30)20-7-4-10-26-24(20)34-15-23(29)27-18-8-9-21-22(14-18)33-16-32-21/h3-10,13-14H,11-12,15-16H2,1-2H3,(H,27,29). The first-order chi connectivity index (χ1) is 16.5. The Morgan fingerprint density at radius 2 is 1.97 bits per heavy atom. The Labute approximate surface area is 202 Å². The molecule has 0 spiro atoms. The molecule has 9 heteroatoms. The van der Waals surface area contributed by atoms with Crippen LogP contribution in [0.5, 0.6) is 17.2 Å². The van der Waals surface area contributed by atoms with Crippen molar-refractivity contribution < 1.29 is 23.8 Å². The van der Waals surface area contributed by atoms with E-state index >= 15 is 0 Å². The van der Waals surface area contributed by atoms with Gasteiger partial charge in [-0.2, -0.15) is 0 Å². The number of pyridine rings is 1. The number of nitrogens with zero attached hydrogens (tertiary/aromatic N) is 2. The number of hydrogen-bond donors (Lipinski definition) is 1. The third-order valence-corrected chi connectivity index (χ3v) is 6.03. The van der Waals surface area contributed by atoms with E-state index < -0.39 is 0 Å². The van der Waals surface area contributed by atoms with Gasteiger partial charge >= 0.3 is 0 Å². The number of likely N-dealkylation sites (N-methyl/N-ethyl adjacent to an activating group) is 1. The summed E-state index contributed by atoms with van der Waals surface area (Å²) in [5, 5.41) is 3.33. The average Bonchev–Trinajstić information content (AvgIpc) is 3.30. The maximum Gasteiger partial charge on any atom is 0.256 e. The van der Waals surface area contributed by atoms with Crippen molar-refractivity contribution in [3.8, 4) is 17.2 Å². The Bertz CT molecular complexity index is 1190. The lowest BCUT2D eigenvalue weighted by Crippen LogP contribution is -2.31. The van der Waals surface area contributed by atoms with E-state index in [1.807, 2.05) is 31.2 Å². The number of thioether (sulfide) groups is 1. The first-order valence-electron chi connectivity index (χ1n) is 10.7. The van der Waals surface area contributed by atoms with Crippen molar-refractivity contribution in [1.82, 2.24) is 9.88 Å². The van der Waals surface area contributed by atoms with Crippen LogP contribution in [-0.2, 0) is 4.79 Å². The van der Waals surface area contributed by atoms with E-state index in [9.17, 15) is 9.59 Å². The van der Waals surface area contributed by atoms with E-state index in [1.165, 1.54) is 11.8 Å². The largest absolute Gasteiger partial charge is 0.492 e. The molecule has 1 N–H and O–H groups in total. The van der Waals surface area contributed by atoms with Crippen molar-refractivity contribution in [2.75, 3.05) is 38.1 Å². The molecule has 34 heavy (non-hydrogen) atoms. The molecule has 3 aromatic rings.